The van der Waals surface area contributed by atoms with Crippen molar-refractivity contribution in [1.29, 1.82) is 0 Å². The zero-order valence-corrected chi connectivity index (χ0v) is 9.48. The number of nitrogens with one attached hydrogen (secondary N) is 1. The van der Waals surface area contributed by atoms with Crippen LogP contribution < -0.4 is 5.32 Å². The third kappa shape index (κ3) is 6.19. The second-order valence-electron chi connectivity index (χ2n) is 4.33. The molecule has 0 fully saturated rings. The van der Waals surface area contributed by atoms with Gasteiger partial charge in [-0.3, -0.25) is 4.68 Å². The second-order valence-corrected chi connectivity index (χ2v) is 4.33. The molecule has 2 N–H and O–H groups in total. The van der Waals surface area contributed by atoms with Gasteiger partial charge in [-0.15, -0.1) is 5.10 Å². The Kier molecular flexibility index (Phi) is 4.71. The number of hydrogen-bond donors (Lipinski definition) is 2. The van der Waals surface area contributed by atoms with Crippen molar-refractivity contribution in [2.45, 2.75) is 38.8 Å². The standard InChI is InChI=1S/C10H20N4O/c1-10(2,15)4-6-11-5-3-8-14-9-7-12-13-14/h7,9,11,15H,3-6,8H2,1-2H3. The highest BCUT2D eigenvalue weighted by Crippen LogP contribution is 2.04. The molecule has 0 atom stereocenters. The minimum atomic E-state index is -0.571. The van der Waals surface area contributed by atoms with Crippen molar-refractivity contribution < 1.29 is 5.11 Å². The van der Waals surface area contributed by atoms with Crippen LogP contribution in [0.4, 0.5) is 0 Å². The molecule has 0 aliphatic heterocycles. The number of hydrogen-bond acceptors (Lipinski definition) is 4. The fourth-order valence-electron chi connectivity index (χ4n) is 1.24. The highest BCUT2D eigenvalue weighted by molar-refractivity contribution is 4.67. The molecule has 5 nitrogen and oxygen atoms in total. The van der Waals surface area contributed by atoms with Gasteiger partial charge in [-0.05, 0) is 39.8 Å². The smallest absolute Gasteiger partial charge is 0.0692 e. The van der Waals surface area contributed by atoms with Gasteiger partial charge in [0.05, 0.1) is 11.8 Å². The van der Waals surface area contributed by atoms with Crippen LogP contribution in [0.3, 0.4) is 0 Å². The van der Waals surface area contributed by atoms with Crippen LogP contribution in [0.5, 0.6) is 0 Å². The lowest BCUT2D eigenvalue weighted by molar-refractivity contribution is 0.0712. The van der Waals surface area contributed by atoms with Crippen LogP contribution in [0.2, 0.25) is 0 Å². The quantitative estimate of drug-likeness (QED) is 0.643. The van der Waals surface area contributed by atoms with E-state index in [1.807, 2.05) is 24.7 Å². The van der Waals surface area contributed by atoms with E-state index in [4.69, 9.17) is 0 Å². The van der Waals surface area contributed by atoms with Crippen molar-refractivity contribution in [3.63, 3.8) is 0 Å². The highest BCUT2D eigenvalue weighted by atomic mass is 16.3. The molecule has 1 aromatic rings. The molecule has 0 radical (unpaired) electrons. The van der Waals surface area contributed by atoms with E-state index in [0.717, 1.165) is 32.5 Å². The van der Waals surface area contributed by atoms with Gasteiger partial charge in [0.15, 0.2) is 0 Å². The average Bonchev–Trinajstić information content (AvgIpc) is 2.61. The van der Waals surface area contributed by atoms with E-state index < -0.39 is 5.60 Å². The van der Waals surface area contributed by atoms with Crippen LogP contribution in [0.15, 0.2) is 12.4 Å². The molecule has 0 saturated carbocycles. The summed E-state index contributed by atoms with van der Waals surface area (Å²) in [5.74, 6) is 0. The lowest BCUT2D eigenvalue weighted by Gasteiger charge is -2.16. The SMILES string of the molecule is CC(C)(O)CCNCCCn1ccnn1. The van der Waals surface area contributed by atoms with Gasteiger partial charge in [0, 0.05) is 12.7 Å². The molecule has 5 heteroatoms. The van der Waals surface area contributed by atoms with Crippen LogP contribution in [-0.2, 0) is 6.54 Å². The van der Waals surface area contributed by atoms with E-state index >= 15 is 0 Å². The van der Waals surface area contributed by atoms with E-state index in [2.05, 4.69) is 15.6 Å². The molecule has 0 unspecified atom stereocenters. The van der Waals surface area contributed by atoms with Crippen molar-refractivity contribution in [2.24, 2.45) is 0 Å². The third-order valence-electron chi connectivity index (χ3n) is 2.13. The maximum Gasteiger partial charge on any atom is 0.0692 e. The van der Waals surface area contributed by atoms with Crippen molar-refractivity contribution in [3.8, 4) is 0 Å². The third-order valence-corrected chi connectivity index (χ3v) is 2.13. The first-order valence-electron chi connectivity index (χ1n) is 5.35. The summed E-state index contributed by atoms with van der Waals surface area (Å²) in [6.45, 7) is 6.32. The Morgan fingerprint density at radius 3 is 2.80 bits per heavy atom. The monoisotopic (exact) mass is 212 g/mol. The van der Waals surface area contributed by atoms with E-state index in [0.29, 0.717) is 0 Å². The first-order chi connectivity index (χ1) is 7.08. The van der Waals surface area contributed by atoms with E-state index in [1.54, 1.807) is 6.20 Å². The minimum absolute atomic E-state index is 0.571. The van der Waals surface area contributed by atoms with E-state index in [1.165, 1.54) is 0 Å². The van der Waals surface area contributed by atoms with Crippen LogP contribution in [0, 0.1) is 0 Å². The predicted molar refractivity (Wildman–Crippen MR) is 58.4 cm³/mol. The summed E-state index contributed by atoms with van der Waals surface area (Å²) in [5, 5.41) is 20.3. The summed E-state index contributed by atoms with van der Waals surface area (Å²) < 4.78 is 1.82. The molecule has 86 valence electrons. The fourth-order valence-corrected chi connectivity index (χ4v) is 1.24. The van der Waals surface area contributed by atoms with Crippen molar-refractivity contribution in [2.75, 3.05) is 13.1 Å². The Labute approximate surface area is 90.5 Å². The van der Waals surface area contributed by atoms with Gasteiger partial charge in [0.1, 0.15) is 0 Å². The summed E-state index contributed by atoms with van der Waals surface area (Å²) >= 11 is 0. The predicted octanol–water partition coefficient (Wildman–Crippen LogP) is 0.419. The zero-order valence-electron chi connectivity index (χ0n) is 9.48. The second kappa shape index (κ2) is 5.82. The zero-order chi connectivity index (χ0) is 11.1. The molecular formula is C10H20N4O. The number of rotatable bonds is 7. The van der Waals surface area contributed by atoms with Gasteiger partial charge >= 0.3 is 0 Å². The van der Waals surface area contributed by atoms with Gasteiger partial charge in [0.25, 0.3) is 0 Å². The molecule has 1 heterocycles. The molecule has 0 saturated heterocycles. The van der Waals surface area contributed by atoms with Crippen molar-refractivity contribution in [1.82, 2.24) is 20.3 Å². The largest absolute Gasteiger partial charge is 0.390 e. The van der Waals surface area contributed by atoms with Crippen LogP contribution in [-0.4, -0.2) is 38.8 Å². The Bertz CT molecular complexity index is 253. The van der Waals surface area contributed by atoms with Crippen LogP contribution in [0.1, 0.15) is 26.7 Å². The normalized spacial score (nSPS) is 11.9. The maximum atomic E-state index is 9.46. The fraction of sp³-hybridized carbons (Fsp3) is 0.800. The van der Waals surface area contributed by atoms with Crippen molar-refractivity contribution in [3.05, 3.63) is 12.4 Å². The Morgan fingerprint density at radius 2 is 2.20 bits per heavy atom. The summed E-state index contributed by atoms with van der Waals surface area (Å²) in [5.41, 5.74) is -0.571. The highest BCUT2D eigenvalue weighted by Gasteiger charge is 2.10. The summed E-state index contributed by atoms with van der Waals surface area (Å²) in [7, 11) is 0. The van der Waals surface area contributed by atoms with Gasteiger partial charge in [-0.25, -0.2) is 0 Å². The lowest BCUT2D eigenvalue weighted by Crippen LogP contribution is -2.27. The molecule has 1 rings (SSSR count). The molecule has 0 aliphatic rings. The summed E-state index contributed by atoms with van der Waals surface area (Å²) in [4.78, 5) is 0. The molecule has 0 bridgehead atoms. The number of nitrogens with zero attached hydrogens (tertiary/aromatic N) is 3. The lowest BCUT2D eigenvalue weighted by atomic mass is 10.1. The van der Waals surface area contributed by atoms with E-state index in [9.17, 15) is 5.11 Å². The minimum Gasteiger partial charge on any atom is -0.390 e. The molecular weight excluding hydrogens is 192 g/mol. The Morgan fingerprint density at radius 1 is 1.40 bits per heavy atom. The van der Waals surface area contributed by atoms with Gasteiger partial charge < -0.3 is 10.4 Å². The average molecular weight is 212 g/mol. The number of aliphatic hydroxyl groups is 1. The summed E-state index contributed by atoms with van der Waals surface area (Å²) in [6.07, 6.45) is 5.34. The number of aryl methyl sites for hydroxylation is 1. The van der Waals surface area contributed by atoms with E-state index in [-0.39, 0.29) is 0 Å². The van der Waals surface area contributed by atoms with Crippen LogP contribution >= 0.6 is 0 Å². The summed E-state index contributed by atoms with van der Waals surface area (Å²) in [6, 6.07) is 0. The van der Waals surface area contributed by atoms with Gasteiger partial charge in [-0.1, -0.05) is 5.21 Å². The Balaban J connectivity index is 1.94. The number of aromatic nitrogens is 3. The molecule has 0 amide bonds. The van der Waals surface area contributed by atoms with Gasteiger partial charge in [-0.2, -0.15) is 0 Å². The molecule has 15 heavy (non-hydrogen) atoms. The Hall–Kier alpha value is -0.940. The maximum absolute atomic E-state index is 9.46. The van der Waals surface area contributed by atoms with Gasteiger partial charge in [0.2, 0.25) is 0 Å². The van der Waals surface area contributed by atoms with Crippen molar-refractivity contribution >= 4 is 0 Å². The first-order valence-corrected chi connectivity index (χ1v) is 5.35. The molecule has 1 aromatic heterocycles. The first kappa shape index (κ1) is 12.1. The molecule has 0 spiro atoms. The topological polar surface area (TPSA) is 63.0 Å². The molecule has 0 aliphatic carbocycles. The molecule has 0 aromatic carbocycles. The van der Waals surface area contributed by atoms with Crippen LogP contribution in [0.25, 0.3) is 0 Å².